The molecule has 2 heterocycles. The highest BCUT2D eigenvalue weighted by Crippen LogP contribution is 2.35. The molecule has 0 saturated heterocycles. The first-order chi connectivity index (χ1) is 7.66. The van der Waals surface area contributed by atoms with Crippen LogP contribution in [0.15, 0.2) is 18.3 Å². The lowest BCUT2D eigenvalue weighted by Gasteiger charge is -2.13. The molecular weight excluding hydrogens is 204 g/mol. The van der Waals surface area contributed by atoms with Crippen LogP contribution in [0.5, 0.6) is 5.75 Å². The van der Waals surface area contributed by atoms with E-state index < -0.39 is 0 Å². The minimum Gasteiger partial charge on any atom is -0.505 e. The molecule has 16 heavy (non-hydrogen) atoms. The van der Waals surface area contributed by atoms with Gasteiger partial charge in [-0.1, -0.05) is 0 Å². The number of fused-ring (bicyclic) bond motifs is 1. The Morgan fingerprint density at radius 1 is 1.56 bits per heavy atom. The van der Waals surface area contributed by atoms with E-state index >= 15 is 0 Å². The Morgan fingerprint density at radius 2 is 2.31 bits per heavy atom. The molecule has 2 aromatic rings. The summed E-state index contributed by atoms with van der Waals surface area (Å²) in [6, 6.07) is 3.68. The summed E-state index contributed by atoms with van der Waals surface area (Å²) in [7, 11) is 1.89. The van der Waals surface area contributed by atoms with Crippen LogP contribution in [0.3, 0.4) is 0 Å². The van der Waals surface area contributed by atoms with E-state index in [1.54, 1.807) is 6.20 Å². The summed E-state index contributed by atoms with van der Waals surface area (Å²) in [6.45, 7) is 4.49. The zero-order chi connectivity index (χ0) is 11.7. The quantitative estimate of drug-likeness (QED) is 0.863. The summed E-state index contributed by atoms with van der Waals surface area (Å²) in [4.78, 5) is 4.25. The standard InChI is InChI=1S/C12H16N2O2/c1-4-16-8(2)10-11(15)9-6-5-7-13-12(9)14(10)3/h5-8,15H,4H2,1-3H3/t8-/m1/s1. The van der Waals surface area contributed by atoms with Gasteiger partial charge >= 0.3 is 0 Å². The minimum atomic E-state index is -0.135. The van der Waals surface area contributed by atoms with Crippen molar-refractivity contribution in [2.45, 2.75) is 20.0 Å². The third kappa shape index (κ3) is 1.55. The van der Waals surface area contributed by atoms with Crippen LogP contribution >= 0.6 is 0 Å². The molecule has 86 valence electrons. The first kappa shape index (κ1) is 11.0. The SMILES string of the molecule is CCO[C@H](C)c1c(O)c2cccnc2n1C. The van der Waals surface area contributed by atoms with E-state index in [0.717, 1.165) is 16.7 Å². The molecule has 4 nitrogen and oxygen atoms in total. The fraction of sp³-hybridized carbons (Fsp3) is 0.417. The van der Waals surface area contributed by atoms with Crippen molar-refractivity contribution >= 4 is 11.0 Å². The highest BCUT2D eigenvalue weighted by Gasteiger charge is 2.20. The number of hydrogen-bond donors (Lipinski definition) is 1. The maximum Gasteiger partial charge on any atom is 0.148 e. The van der Waals surface area contributed by atoms with Crippen molar-refractivity contribution in [3.05, 3.63) is 24.0 Å². The maximum atomic E-state index is 10.1. The third-order valence-electron chi connectivity index (χ3n) is 2.77. The predicted molar refractivity (Wildman–Crippen MR) is 62.4 cm³/mol. The molecule has 0 saturated carbocycles. The van der Waals surface area contributed by atoms with Crippen molar-refractivity contribution in [1.82, 2.24) is 9.55 Å². The fourth-order valence-electron chi connectivity index (χ4n) is 2.05. The van der Waals surface area contributed by atoms with E-state index in [-0.39, 0.29) is 11.9 Å². The summed E-state index contributed by atoms with van der Waals surface area (Å²) in [5.41, 5.74) is 1.55. The van der Waals surface area contributed by atoms with Crippen molar-refractivity contribution in [2.24, 2.45) is 7.05 Å². The normalized spacial score (nSPS) is 13.2. The van der Waals surface area contributed by atoms with Crippen LogP contribution in [0.2, 0.25) is 0 Å². The summed E-state index contributed by atoms with van der Waals surface area (Å²) in [5, 5.41) is 10.9. The van der Waals surface area contributed by atoms with Crippen molar-refractivity contribution in [2.75, 3.05) is 6.61 Å². The minimum absolute atomic E-state index is 0.135. The van der Waals surface area contributed by atoms with E-state index in [1.807, 2.05) is 37.6 Å². The lowest BCUT2D eigenvalue weighted by Crippen LogP contribution is -2.05. The summed E-state index contributed by atoms with van der Waals surface area (Å²) < 4.78 is 7.39. The Bertz CT molecular complexity index is 466. The van der Waals surface area contributed by atoms with Crippen LogP contribution in [0.4, 0.5) is 0 Å². The molecule has 1 atom stereocenters. The largest absolute Gasteiger partial charge is 0.505 e. The van der Waals surface area contributed by atoms with Crippen LogP contribution in [0, 0.1) is 0 Å². The lowest BCUT2D eigenvalue weighted by atomic mass is 10.2. The van der Waals surface area contributed by atoms with Gasteiger partial charge in [-0.3, -0.25) is 0 Å². The van der Waals surface area contributed by atoms with Crippen LogP contribution in [0.1, 0.15) is 25.6 Å². The molecule has 0 spiro atoms. The molecule has 0 aliphatic heterocycles. The monoisotopic (exact) mass is 220 g/mol. The highest BCUT2D eigenvalue weighted by molar-refractivity contribution is 5.85. The Balaban J connectivity index is 2.61. The molecule has 0 amide bonds. The lowest BCUT2D eigenvalue weighted by molar-refractivity contribution is 0.0698. The number of rotatable bonds is 3. The van der Waals surface area contributed by atoms with Gasteiger partial charge in [0.05, 0.1) is 17.2 Å². The van der Waals surface area contributed by atoms with Gasteiger partial charge in [0, 0.05) is 19.9 Å². The smallest absolute Gasteiger partial charge is 0.148 e. The van der Waals surface area contributed by atoms with Crippen LogP contribution in [0.25, 0.3) is 11.0 Å². The van der Waals surface area contributed by atoms with Gasteiger partial charge in [-0.15, -0.1) is 0 Å². The Hall–Kier alpha value is -1.55. The van der Waals surface area contributed by atoms with E-state index in [9.17, 15) is 5.11 Å². The number of hydrogen-bond acceptors (Lipinski definition) is 3. The summed E-state index contributed by atoms with van der Waals surface area (Å²) in [5.74, 6) is 0.270. The Labute approximate surface area is 94.5 Å². The highest BCUT2D eigenvalue weighted by atomic mass is 16.5. The van der Waals surface area contributed by atoms with Gasteiger partial charge in [-0.05, 0) is 26.0 Å². The number of aryl methyl sites for hydroxylation is 1. The number of aromatic nitrogens is 2. The topological polar surface area (TPSA) is 47.3 Å². The van der Waals surface area contributed by atoms with Crippen LogP contribution < -0.4 is 0 Å². The van der Waals surface area contributed by atoms with Gasteiger partial charge in [-0.2, -0.15) is 0 Å². The van der Waals surface area contributed by atoms with Crippen molar-refractivity contribution in [3.8, 4) is 5.75 Å². The molecule has 0 aliphatic rings. The van der Waals surface area contributed by atoms with Crippen LogP contribution in [-0.4, -0.2) is 21.3 Å². The first-order valence-corrected chi connectivity index (χ1v) is 5.40. The Morgan fingerprint density at radius 3 is 2.94 bits per heavy atom. The number of nitrogens with zero attached hydrogens (tertiary/aromatic N) is 2. The number of aromatic hydroxyl groups is 1. The van der Waals surface area contributed by atoms with Gasteiger partial charge in [0.2, 0.25) is 0 Å². The summed E-state index contributed by atoms with van der Waals surface area (Å²) >= 11 is 0. The molecule has 1 N–H and O–H groups in total. The second-order valence-corrected chi connectivity index (χ2v) is 3.77. The van der Waals surface area contributed by atoms with Crippen molar-refractivity contribution < 1.29 is 9.84 Å². The van der Waals surface area contributed by atoms with E-state index in [2.05, 4.69) is 4.98 Å². The van der Waals surface area contributed by atoms with Gasteiger partial charge in [0.15, 0.2) is 0 Å². The number of ether oxygens (including phenoxy) is 1. The number of pyridine rings is 1. The zero-order valence-corrected chi connectivity index (χ0v) is 9.77. The zero-order valence-electron chi connectivity index (χ0n) is 9.77. The average Bonchev–Trinajstić information content (AvgIpc) is 2.53. The average molecular weight is 220 g/mol. The van der Waals surface area contributed by atoms with Crippen LogP contribution in [-0.2, 0) is 11.8 Å². The van der Waals surface area contributed by atoms with Crippen molar-refractivity contribution in [1.29, 1.82) is 0 Å². The molecule has 0 bridgehead atoms. The van der Waals surface area contributed by atoms with Gasteiger partial charge in [0.25, 0.3) is 0 Å². The molecular formula is C12H16N2O2. The second-order valence-electron chi connectivity index (χ2n) is 3.77. The van der Waals surface area contributed by atoms with Gasteiger partial charge in [-0.25, -0.2) is 4.98 Å². The molecule has 0 fully saturated rings. The molecule has 0 radical (unpaired) electrons. The molecule has 2 rings (SSSR count). The predicted octanol–water partition coefficient (Wildman–Crippen LogP) is 2.38. The van der Waals surface area contributed by atoms with Gasteiger partial charge in [0.1, 0.15) is 11.4 Å². The Kier molecular flexibility index (Phi) is 2.83. The molecule has 2 aromatic heterocycles. The van der Waals surface area contributed by atoms with Gasteiger partial charge < -0.3 is 14.4 Å². The fourth-order valence-corrected chi connectivity index (χ4v) is 2.05. The molecule has 0 unspecified atom stereocenters. The maximum absolute atomic E-state index is 10.1. The first-order valence-electron chi connectivity index (χ1n) is 5.40. The van der Waals surface area contributed by atoms with Crippen molar-refractivity contribution in [3.63, 3.8) is 0 Å². The molecule has 0 aliphatic carbocycles. The van der Waals surface area contributed by atoms with E-state index in [1.165, 1.54) is 0 Å². The summed E-state index contributed by atoms with van der Waals surface area (Å²) in [6.07, 6.45) is 1.58. The van der Waals surface area contributed by atoms with E-state index in [0.29, 0.717) is 6.61 Å². The second kappa shape index (κ2) is 4.14. The third-order valence-corrected chi connectivity index (χ3v) is 2.77. The molecule has 0 aromatic carbocycles. The van der Waals surface area contributed by atoms with E-state index in [4.69, 9.17) is 4.74 Å². The molecule has 4 heteroatoms.